The second kappa shape index (κ2) is 8.06. The molecule has 1 amide bonds. The van der Waals surface area contributed by atoms with Gasteiger partial charge in [0.2, 0.25) is 5.92 Å². The molecular formula is C17H29F2NO3. The number of alkyl carbamates (subject to hydrolysis) is 1. The minimum absolute atomic E-state index is 0.0354. The van der Waals surface area contributed by atoms with Gasteiger partial charge in [-0.3, -0.25) is 4.79 Å². The van der Waals surface area contributed by atoms with Crippen molar-refractivity contribution in [3.63, 3.8) is 0 Å². The number of ketones is 1. The molecule has 1 fully saturated rings. The number of nitrogens with one attached hydrogen (secondary N) is 1. The molecule has 0 radical (unpaired) electrons. The van der Waals surface area contributed by atoms with Crippen LogP contribution in [0.3, 0.4) is 0 Å². The van der Waals surface area contributed by atoms with Gasteiger partial charge in [-0.2, -0.15) is 0 Å². The Kier molecular flexibility index (Phi) is 6.96. The molecule has 4 nitrogen and oxygen atoms in total. The van der Waals surface area contributed by atoms with E-state index < -0.39 is 17.6 Å². The summed E-state index contributed by atoms with van der Waals surface area (Å²) in [5.74, 6) is -2.53. The summed E-state index contributed by atoms with van der Waals surface area (Å²) >= 11 is 0. The number of carbonyl (C=O) groups excluding carboxylic acids is 2. The molecule has 0 heterocycles. The van der Waals surface area contributed by atoms with Crippen LogP contribution >= 0.6 is 0 Å². The van der Waals surface area contributed by atoms with Gasteiger partial charge >= 0.3 is 6.09 Å². The lowest BCUT2D eigenvalue weighted by atomic mass is 9.80. The Bertz CT molecular complexity index is 409. The molecule has 0 aromatic carbocycles. The maximum Gasteiger partial charge on any atom is 0.407 e. The van der Waals surface area contributed by atoms with Gasteiger partial charge in [0, 0.05) is 31.7 Å². The van der Waals surface area contributed by atoms with E-state index in [1.54, 1.807) is 27.7 Å². The molecule has 0 aliphatic heterocycles. The number of ether oxygens (including phenoxy) is 1. The van der Waals surface area contributed by atoms with Crippen molar-refractivity contribution in [1.82, 2.24) is 5.32 Å². The third-order valence-electron chi connectivity index (χ3n) is 4.16. The minimum Gasteiger partial charge on any atom is -0.444 e. The average Bonchev–Trinajstić information content (AvgIpc) is 2.41. The quantitative estimate of drug-likeness (QED) is 0.780. The van der Waals surface area contributed by atoms with Gasteiger partial charge in [0.15, 0.2) is 0 Å². The van der Waals surface area contributed by atoms with Crippen molar-refractivity contribution in [2.24, 2.45) is 5.92 Å². The predicted octanol–water partition coefficient (Wildman–Crippen LogP) is 4.46. The standard InChI is InChI=1S/C17H29F2NO3/c1-5-13(21)6-7-14(20-15(22)23-16(2,3)4)12-8-10-17(18,19)11-9-12/h12,14H,5-11H2,1-4H3,(H,20,22). The van der Waals surface area contributed by atoms with Crippen molar-refractivity contribution in [2.75, 3.05) is 0 Å². The molecule has 0 bridgehead atoms. The van der Waals surface area contributed by atoms with E-state index in [0.29, 0.717) is 32.1 Å². The van der Waals surface area contributed by atoms with E-state index in [1.165, 1.54) is 0 Å². The molecule has 0 saturated heterocycles. The number of hydrogen-bond donors (Lipinski definition) is 1. The van der Waals surface area contributed by atoms with Crippen LogP contribution < -0.4 is 5.32 Å². The van der Waals surface area contributed by atoms with Gasteiger partial charge in [0.1, 0.15) is 11.4 Å². The van der Waals surface area contributed by atoms with Crippen LogP contribution in [0, 0.1) is 5.92 Å². The van der Waals surface area contributed by atoms with Crippen molar-refractivity contribution in [1.29, 1.82) is 0 Å². The Morgan fingerprint density at radius 2 is 1.83 bits per heavy atom. The Morgan fingerprint density at radius 1 is 1.26 bits per heavy atom. The van der Waals surface area contributed by atoms with Crippen molar-refractivity contribution >= 4 is 11.9 Å². The molecule has 1 rings (SSSR count). The van der Waals surface area contributed by atoms with Crippen LogP contribution in [0.2, 0.25) is 0 Å². The molecular weight excluding hydrogens is 304 g/mol. The number of halogens is 2. The molecule has 1 saturated carbocycles. The van der Waals surface area contributed by atoms with Crippen LogP contribution in [0.15, 0.2) is 0 Å². The van der Waals surface area contributed by atoms with Gasteiger partial charge in [-0.15, -0.1) is 0 Å². The maximum absolute atomic E-state index is 13.3. The van der Waals surface area contributed by atoms with E-state index in [1.807, 2.05) is 0 Å². The normalized spacial score (nSPS) is 19.9. The molecule has 1 unspecified atom stereocenters. The summed E-state index contributed by atoms with van der Waals surface area (Å²) in [4.78, 5) is 23.5. The van der Waals surface area contributed by atoms with Crippen molar-refractivity contribution in [3.8, 4) is 0 Å². The Hall–Kier alpha value is -1.20. The number of hydrogen-bond acceptors (Lipinski definition) is 3. The van der Waals surface area contributed by atoms with E-state index in [0.717, 1.165) is 0 Å². The molecule has 134 valence electrons. The number of alkyl halides is 2. The molecule has 1 atom stereocenters. The van der Waals surface area contributed by atoms with Crippen molar-refractivity contribution in [2.45, 2.75) is 90.2 Å². The zero-order valence-electron chi connectivity index (χ0n) is 14.6. The third-order valence-corrected chi connectivity index (χ3v) is 4.16. The number of amides is 1. The molecule has 0 spiro atoms. The maximum atomic E-state index is 13.3. The molecule has 1 aliphatic carbocycles. The first-order valence-corrected chi connectivity index (χ1v) is 8.41. The summed E-state index contributed by atoms with van der Waals surface area (Å²) in [7, 11) is 0. The number of Topliss-reactive ketones (excluding diaryl/α,β-unsaturated/α-hetero) is 1. The summed E-state index contributed by atoms with van der Waals surface area (Å²) in [5.41, 5.74) is -0.618. The van der Waals surface area contributed by atoms with E-state index in [4.69, 9.17) is 4.74 Å². The molecule has 1 N–H and O–H groups in total. The summed E-state index contributed by atoms with van der Waals surface area (Å²) in [6.45, 7) is 7.09. The second-order valence-electron chi connectivity index (χ2n) is 7.38. The summed E-state index contributed by atoms with van der Waals surface area (Å²) in [6, 6.07) is -0.295. The highest BCUT2D eigenvalue weighted by atomic mass is 19.3. The van der Waals surface area contributed by atoms with Crippen LogP contribution in [0.1, 0.15) is 72.6 Å². The second-order valence-corrected chi connectivity index (χ2v) is 7.38. The van der Waals surface area contributed by atoms with Gasteiger partial charge in [0.25, 0.3) is 0 Å². The lowest BCUT2D eigenvalue weighted by Crippen LogP contribution is -2.45. The van der Waals surface area contributed by atoms with Crippen molar-refractivity contribution in [3.05, 3.63) is 0 Å². The fourth-order valence-electron chi connectivity index (χ4n) is 2.84. The summed E-state index contributed by atoms with van der Waals surface area (Å²) < 4.78 is 31.9. The highest BCUT2D eigenvalue weighted by Crippen LogP contribution is 2.38. The molecule has 23 heavy (non-hydrogen) atoms. The minimum atomic E-state index is -2.60. The highest BCUT2D eigenvalue weighted by molar-refractivity contribution is 5.78. The zero-order chi connectivity index (χ0) is 17.7. The largest absolute Gasteiger partial charge is 0.444 e. The molecule has 0 aromatic heterocycles. The van der Waals surface area contributed by atoms with E-state index >= 15 is 0 Å². The zero-order valence-corrected chi connectivity index (χ0v) is 14.6. The topological polar surface area (TPSA) is 55.4 Å². The van der Waals surface area contributed by atoms with Crippen LogP contribution in [0.4, 0.5) is 13.6 Å². The third kappa shape index (κ3) is 7.75. The predicted molar refractivity (Wildman–Crippen MR) is 84.6 cm³/mol. The van der Waals surface area contributed by atoms with Gasteiger partial charge in [-0.05, 0) is 46.0 Å². The monoisotopic (exact) mass is 333 g/mol. The first-order chi connectivity index (χ1) is 10.5. The van der Waals surface area contributed by atoms with Crippen LogP contribution in [-0.4, -0.2) is 29.4 Å². The fourth-order valence-corrected chi connectivity index (χ4v) is 2.84. The average molecular weight is 333 g/mol. The van der Waals surface area contributed by atoms with Gasteiger partial charge < -0.3 is 10.1 Å². The molecule has 6 heteroatoms. The molecule has 1 aliphatic rings. The van der Waals surface area contributed by atoms with E-state index in [2.05, 4.69) is 5.32 Å². The summed E-state index contributed by atoms with van der Waals surface area (Å²) in [5, 5.41) is 2.79. The lowest BCUT2D eigenvalue weighted by Gasteiger charge is -2.34. The molecule has 0 aromatic rings. The first-order valence-electron chi connectivity index (χ1n) is 8.41. The van der Waals surface area contributed by atoms with Crippen LogP contribution in [-0.2, 0) is 9.53 Å². The van der Waals surface area contributed by atoms with E-state index in [-0.39, 0.29) is 30.6 Å². The van der Waals surface area contributed by atoms with Crippen molar-refractivity contribution < 1.29 is 23.1 Å². The number of rotatable bonds is 6. The SMILES string of the molecule is CCC(=O)CCC(NC(=O)OC(C)(C)C)C1CCC(F)(F)CC1. The summed E-state index contributed by atoms with van der Waals surface area (Å²) in [6.07, 6.45) is 1.11. The van der Waals surface area contributed by atoms with Gasteiger partial charge in [0.05, 0.1) is 0 Å². The smallest absolute Gasteiger partial charge is 0.407 e. The van der Waals surface area contributed by atoms with Gasteiger partial charge in [-0.25, -0.2) is 13.6 Å². The lowest BCUT2D eigenvalue weighted by molar-refractivity contribution is -0.119. The Balaban J connectivity index is 2.65. The number of carbonyl (C=O) groups is 2. The highest BCUT2D eigenvalue weighted by Gasteiger charge is 2.38. The Labute approximate surface area is 137 Å². The van der Waals surface area contributed by atoms with Crippen LogP contribution in [0.5, 0.6) is 0 Å². The van der Waals surface area contributed by atoms with Crippen LogP contribution in [0.25, 0.3) is 0 Å². The first kappa shape index (κ1) is 19.8. The Morgan fingerprint density at radius 3 is 2.30 bits per heavy atom. The van der Waals surface area contributed by atoms with E-state index in [9.17, 15) is 18.4 Å². The van der Waals surface area contributed by atoms with Gasteiger partial charge in [-0.1, -0.05) is 6.92 Å². The fraction of sp³-hybridized carbons (Fsp3) is 0.882.